The maximum Gasteiger partial charge on any atom is 2.00 e. The quantitative estimate of drug-likeness (QED) is 0.172. The molecule has 0 amide bonds. The van der Waals surface area contributed by atoms with Crippen LogP contribution in [-0.2, 0) is 21.1 Å². The first-order chi connectivity index (χ1) is 19.3. The second-order valence-electron chi connectivity index (χ2n) is 9.16. The molecule has 0 aliphatic heterocycles. The van der Waals surface area contributed by atoms with Gasteiger partial charge in [0, 0.05) is 27.0 Å². The second kappa shape index (κ2) is 9.98. The summed E-state index contributed by atoms with van der Waals surface area (Å²) in [5.74, 6) is 0.584. The molecule has 5 nitrogen and oxygen atoms in total. The Bertz CT molecular complexity index is 2100. The first-order valence-corrected chi connectivity index (χ1v) is 13.3. The van der Waals surface area contributed by atoms with Gasteiger partial charge in [0.1, 0.15) is 6.26 Å². The van der Waals surface area contributed by atoms with Crippen molar-refractivity contribution in [3.05, 3.63) is 122 Å². The molecule has 0 bridgehead atoms. The van der Waals surface area contributed by atoms with E-state index in [0.29, 0.717) is 5.89 Å². The van der Waals surface area contributed by atoms with E-state index in [1.165, 1.54) is 0 Å². The predicted molar refractivity (Wildman–Crippen MR) is 156 cm³/mol. The Balaban J connectivity index is 0.00000264. The molecule has 192 valence electrons. The normalized spacial score (nSPS) is 11.3. The molecule has 0 spiro atoms. The maximum atomic E-state index is 5.74. The number of nitrogens with zero attached hydrogens (tertiary/aromatic N) is 4. The molecule has 0 radical (unpaired) electrons. The minimum Gasteiger partial charge on any atom is -0.445 e. The van der Waals surface area contributed by atoms with E-state index in [9.17, 15) is 0 Å². The maximum absolute atomic E-state index is 5.74. The van der Waals surface area contributed by atoms with E-state index in [1.54, 1.807) is 30.0 Å². The molecule has 0 N–H and O–H groups in total. The van der Waals surface area contributed by atoms with Gasteiger partial charge in [-0.1, -0.05) is 35.7 Å². The summed E-state index contributed by atoms with van der Waals surface area (Å²) in [4.78, 5) is 13.9. The first-order valence-electron chi connectivity index (χ1n) is 12.5. The number of hydrogen-bond acceptors (Lipinski definition) is 5. The van der Waals surface area contributed by atoms with Gasteiger partial charge in [0.2, 0.25) is 5.89 Å². The van der Waals surface area contributed by atoms with Crippen LogP contribution in [0.4, 0.5) is 0 Å². The molecule has 7 heteroatoms. The molecular weight excluding hydrogens is 696 g/mol. The zero-order valence-electron chi connectivity index (χ0n) is 20.8. The minimum atomic E-state index is 0. The van der Waals surface area contributed by atoms with Crippen LogP contribution in [0.1, 0.15) is 0 Å². The van der Waals surface area contributed by atoms with Gasteiger partial charge in [0.15, 0.2) is 0 Å². The summed E-state index contributed by atoms with van der Waals surface area (Å²) >= 11 is 1.68. The third-order valence-corrected chi connectivity index (χ3v) is 7.92. The predicted octanol–water partition coefficient (Wildman–Crippen LogP) is 8.38. The van der Waals surface area contributed by atoms with E-state index >= 15 is 0 Å². The smallest absolute Gasteiger partial charge is 0.445 e. The number of para-hydroxylation sites is 1. The van der Waals surface area contributed by atoms with Gasteiger partial charge in [-0.25, -0.2) is 4.98 Å². The number of oxazole rings is 1. The molecule has 0 aliphatic carbocycles. The average Bonchev–Trinajstić information content (AvgIpc) is 3.75. The van der Waals surface area contributed by atoms with Crippen LogP contribution in [0.25, 0.3) is 71.0 Å². The topological polar surface area (TPSA) is 56.7 Å². The van der Waals surface area contributed by atoms with Crippen LogP contribution >= 0.6 is 11.3 Å². The van der Waals surface area contributed by atoms with Crippen LogP contribution in [0.5, 0.6) is 0 Å². The van der Waals surface area contributed by atoms with Gasteiger partial charge in [0.05, 0.1) is 11.7 Å². The van der Waals surface area contributed by atoms with E-state index in [0.717, 1.165) is 65.1 Å². The fourth-order valence-corrected chi connectivity index (χ4v) is 6.09. The number of thiazole rings is 1. The van der Waals surface area contributed by atoms with Crippen molar-refractivity contribution in [3.8, 4) is 39.0 Å². The summed E-state index contributed by atoms with van der Waals surface area (Å²) in [7, 11) is 0. The third-order valence-electron chi connectivity index (χ3n) is 6.85. The molecule has 0 atom stereocenters. The van der Waals surface area contributed by atoms with Crippen LogP contribution in [0.15, 0.2) is 114 Å². The van der Waals surface area contributed by atoms with Gasteiger partial charge >= 0.3 is 21.1 Å². The number of aromatic nitrogens is 4. The van der Waals surface area contributed by atoms with Crippen molar-refractivity contribution in [1.82, 2.24) is 19.5 Å². The standard InChI is InChI=1S/C33H18N4OS.Pt/c1-2-13-30-27(11-1)36-33(39-30)22-14-15-24-29(20-22)37(23-8-5-7-21(19-23)26-10-3-4-16-34-26)28-12-6-9-25(31(24)28)32-35-17-18-38-32;/h1-18H;/q-2;+2. The van der Waals surface area contributed by atoms with Gasteiger partial charge in [-0.05, 0) is 52.6 Å². The van der Waals surface area contributed by atoms with Crippen LogP contribution in [-0.4, -0.2) is 19.5 Å². The molecule has 4 aromatic heterocycles. The first kappa shape index (κ1) is 24.6. The number of hydrogen-bond donors (Lipinski definition) is 0. The molecule has 0 saturated heterocycles. The number of fused-ring (bicyclic) bond motifs is 4. The molecule has 40 heavy (non-hydrogen) atoms. The van der Waals surface area contributed by atoms with Crippen LogP contribution < -0.4 is 0 Å². The molecule has 0 unspecified atom stereocenters. The fourth-order valence-electron chi connectivity index (χ4n) is 5.15. The van der Waals surface area contributed by atoms with Crippen LogP contribution in [0.3, 0.4) is 0 Å². The average molecular weight is 714 g/mol. The molecule has 4 aromatic carbocycles. The van der Waals surface area contributed by atoms with Crippen LogP contribution in [0, 0.1) is 12.1 Å². The Labute approximate surface area is 248 Å². The SMILES string of the molecule is [Pt+2].[c-]1c(-c2ccccn2)cccc1-n1c2[c-]c(-c3nc4ccccc4s3)ccc2c2c(-c3ncco3)cccc21. The summed E-state index contributed by atoms with van der Waals surface area (Å²) in [5.41, 5.74) is 7.54. The van der Waals surface area contributed by atoms with Crippen molar-refractivity contribution in [2.24, 2.45) is 0 Å². The van der Waals surface area contributed by atoms with Crippen molar-refractivity contribution in [3.63, 3.8) is 0 Å². The van der Waals surface area contributed by atoms with Crippen LogP contribution in [0.2, 0.25) is 0 Å². The van der Waals surface area contributed by atoms with E-state index in [1.807, 2.05) is 60.7 Å². The Morgan fingerprint density at radius 1 is 0.750 bits per heavy atom. The zero-order chi connectivity index (χ0) is 25.8. The molecular formula is C33H18N4OPtS. The van der Waals surface area contributed by atoms with Crippen molar-refractivity contribution in [2.75, 3.05) is 0 Å². The summed E-state index contributed by atoms with van der Waals surface area (Å²) in [6.45, 7) is 0. The zero-order valence-corrected chi connectivity index (χ0v) is 23.9. The second-order valence-corrected chi connectivity index (χ2v) is 10.2. The monoisotopic (exact) mass is 713 g/mol. The molecule has 4 heterocycles. The van der Waals surface area contributed by atoms with E-state index in [-0.39, 0.29) is 21.1 Å². The summed E-state index contributed by atoms with van der Waals surface area (Å²) in [5, 5.41) is 3.05. The van der Waals surface area contributed by atoms with Gasteiger partial charge in [-0.2, -0.15) is 11.3 Å². The van der Waals surface area contributed by atoms with E-state index < -0.39 is 0 Å². The number of benzene rings is 4. The molecule has 0 aliphatic rings. The van der Waals surface area contributed by atoms with Gasteiger partial charge < -0.3 is 14.0 Å². The number of pyridine rings is 1. The molecule has 0 fully saturated rings. The fraction of sp³-hybridized carbons (Fsp3) is 0. The van der Waals surface area contributed by atoms with E-state index in [2.05, 4.69) is 57.0 Å². The molecule has 0 saturated carbocycles. The summed E-state index contributed by atoms with van der Waals surface area (Å²) < 4.78 is 9.11. The Hall–Kier alpha value is -4.38. The Morgan fingerprint density at radius 2 is 1.65 bits per heavy atom. The van der Waals surface area contributed by atoms with Crippen molar-refractivity contribution < 1.29 is 25.5 Å². The Morgan fingerprint density at radius 3 is 2.50 bits per heavy atom. The van der Waals surface area contributed by atoms with Crippen molar-refractivity contribution >= 4 is 43.4 Å². The van der Waals surface area contributed by atoms with E-state index in [4.69, 9.17) is 9.40 Å². The summed E-state index contributed by atoms with van der Waals surface area (Å²) in [6, 6.07) is 38.1. The molecule has 8 aromatic rings. The van der Waals surface area contributed by atoms with Crippen molar-refractivity contribution in [2.45, 2.75) is 0 Å². The third kappa shape index (κ3) is 4.00. The van der Waals surface area contributed by atoms with Gasteiger partial charge in [-0.15, -0.1) is 53.6 Å². The largest absolute Gasteiger partial charge is 2.00 e. The van der Waals surface area contributed by atoms with Crippen molar-refractivity contribution in [1.29, 1.82) is 0 Å². The number of rotatable bonds is 4. The van der Waals surface area contributed by atoms with Gasteiger partial charge in [0.25, 0.3) is 0 Å². The summed E-state index contributed by atoms with van der Waals surface area (Å²) in [6.07, 6.45) is 5.08. The molecule has 8 rings (SSSR count). The Kier molecular flexibility index (Phi) is 6.15. The van der Waals surface area contributed by atoms with Gasteiger partial charge in [-0.3, -0.25) is 4.98 Å². The minimum absolute atomic E-state index is 0.